The highest BCUT2D eigenvalue weighted by Gasteiger charge is 2.19. The van der Waals surface area contributed by atoms with Crippen LogP contribution >= 0.6 is 0 Å². The van der Waals surface area contributed by atoms with Gasteiger partial charge in [0, 0.05) is 11.6 Å². The fourth-order valence-corrected chi connectivity index (χ4v) is 2.14. The van der Waals surface area contributed by atoms with Gasteiger partial charge in [-0.25, -0.2) is 0 Å². The van der Waals surface area contributed by atoms with Gasteiger partial charge in [0.05, 0.1) is 6.10 Å². The smallest absolute Gasteiger partial charge is 0.260 e. The van der Waals surface area contributed by atoms with Gasteiger partial charge >= 0.3 is 0 Å². The molecule has 0 aromatic heterocycles. The molecule has 21 heavy (non-hydrogen) atoms. The van der Waals surface area contributed by atoms with E-state index in [1.54, 1.807) is 13.0 Å². The zero-order chi connectivity index (χ0) is 15.8. The molecule has 0 aliphatic carbocycles. The van der Waals surface area contributed by atoms with E-state index in [4.69, 9.17) is 4.74 Å². The van der Waals surface area contributed by atoms with Gasteiger partial charge in [0.2, 0.25) is 0 Å². The minimum absolute atomic E-state index is 0.121. The Morgan fingerprint density at radius 1 is 1.19 bits per heavy atom. The second-order valence-electron chi connectivity index (χ2n) is 5.24. The van der Waals surface area contributed by atoms with Crippen molar-refractivity contribution in [2.75, 3.05) is 0 Å². The van der Waals surface area contributed by atoms with Crippen LogP contribution in [0, 0.1) is 0 Å². The van der Waals surface area contributed by atoms with Gasteiger partial charge in [-0.05, 0) is 32.3 Å². The lowest BCUT2D eigenvalue weighted by Gasteiger charge is -2.21. The molecule has 0 saturated carbocycles. The predicted molar refractivity (Wildman–Crippen MR) is 84.3 cm³/mol. The largest absolute Gasteiger partial charge is 0.481 e. The average molecular weight is 293 g/mol. The zero-order valence-corrected chi connectivity index (χ0v) is 13.4. The summed E-state index contributed by atoms with van der Waals surface area (Å²) in [6, 6.07) is 7.49. The molecule has 4 heteroatoms. The van der Waals surface area contributed by atoms with Crippen molar-refractivity contribution in [3.8, 4) is 5.75 Å². The number of aliphatic hydroxyl groups excluding tert-OH is 1. The molecule has 0 radical (unpaired) electrons. The Morgan fingerprint density at radius 3 is 2.38 bits per heavy atom. The molecule has 0 heterocycles. The zero-order valence-electron chi connectivity index (χ0n) is 13.4. The number of amides is 1. The molecule has 1 amide bonds. The molecular weight excluding hydrogens is 266 g/mol. The Bertz CT molecular complexity index is 443. The molecule has 0 fully saturated rings. The van der Waals surface area contributed by atoms with Crippen molar-refractivity contribution in [3.63, 3.8) is 0 Å². The first-order chi connectivity index (χ1) is 10.0. The molecule has 0 saturated heterocycles. The average Bonchev–Trinajstić information content (AvgIpc) is 2.51. The van der Waals surface area contributed by atoms with Crippen LogP contribution < -0.4 is 10.1 Å². The number of benzene rings is 1. The van der Waals surface area contributed by atoms with Crippen LogP contribution in [-0.2, 0) is 4.79 Å². The number of carbonyl (C=O) groups is 1. The van der Waals surface area contributed by atoms with Crippen molar-refractivity contribution in [2.24, 2.45) is 0 Å². The second-order valence-corrected chi connectivity index (χ2v) is 5.24. The number of nitrogens with one attached hydrogen (secondary N) is 1. The fourth-order valence-electron chi connectivity index (χ4n) is 2.14. The summed E-state index contributed by atoms with van der Waals surface area (Å²) in [6.45, 7) is 7.73. The third-order valence-corrected chi connectivity index (χ3v) is 3.67. The molecule has 1 unspecified atom stereocenters. The first-order valence-corrected chi connectivity index (χ1v) is 7.77. The highest BCUT2D eigenvalue weighted by atomic mass is 16.5. The van der Waals surface area contributed by atoms with E-state index in [1.807, 2.05) is 39.0 Å². The van der Waals surface area contributed by atoms with E-state index in [2.05, 4.69) is 5.32 Å². The van der Waals surface area contributed by atoms with E-state index in [0.29, 0.717) is 12.2 Å². The summed E-state index contributed by atoms with van der Waals surface area (Å²) in [6.07, 6.45) is 1.25. The van der Waals surface area contributed by atoms with Gasteiger partial charge in [-0.1, -0.05) is 39.0 Å². The van der Waals surface area contributed by atoms with Crippen LogP contribution in [0.5, 0.6) is 5.75 Å². The summed E-state index contributed by atoms with van der Waals surface area (Å²) >= 11 is 0. The summed E-state index contributed by atoms with van der Waals surface area (Å²) in [5, 5.41) is 13.0. The van der Waals surface area contributed by atoms with Crippen LogP contribution in [0.2, 0.25) is 0 Å². The Hall–Kier alpha value is -1.55. The van der Waals surface area contributed by atoms with E-state index >= 15 is 0 Å². The maximum absolute atomic E-state index is 12.1. The molecule has 0 aliphatic rings. The van der Waals surface area contributed by atoms with Crippen molar-refractivity contribution in [3.05, 3.63) is 29.8 Å². The van der Waals surface area contributed by atoms with E-state index in [9.17, 15) is 9.90 Å². The first-order valence-electron chi connectivity index (χ1n) is 7.77. The lowest BCUT2D eigenvalue weighted by atomic mass is 10.1. The van der Waals surface area contributed by atoms with E-state index < -0.39 is 12.2 Å². The number of hydrogen-bond acceptors (Lipinski definition) is 3. The fraction of sp³-hybridized carbons (Fsp3) is 0.588. The maximum atomic E-state index is 12.1. The standard InChI is InChI=1S/C17H27NO3/c1-5-13(6-2)18-17(20)12(4)21-16-11-9-8-10-14(16)15(19)7-3/h8-13,15,19H,5-7H2,1-4H3,(H,18,20)/t12?,15-/m1/s1. The van der Waals surface area contributed by atoms with Crippen LogP contribution in [0.3, 0.4) is 0 Å². The summed E-state index contributed by atoms with van der Waals surface area (Å²) in [5.41, 5.74) is 0.724. The molecule has 1 rings (SSSR count). The minimum atomic E-state index is -0.587. The number of ether oxygens (including phenoxy) is 1. The van der Waals surface area contributed by atoms with Crippen molar-refractivity contribution in [1.29, 1.82) is 0 Å². The third kappa shape index (κ3) is 5.05. The normalized spacial score (nSPS) is 13.8. The summed E-state index contributed by atoms with van der Waals surface area (Å²) in [7, 11) is 0. The summed E-state index contributed by atoms with van der Waals surface area (Å²) in [4.78, 5) is 12.1. The topological polar surface area (TPSA) is 58.6 Å². The van der Waals surface area contributed by atoms with Gasteiger partial charge in [-0.15, -0.1) is 0 Å². The van der Waals surface area contributed by atoms with Crippen molar-refractivity contribution in [1.82, 2.24) is 5.32 Å². The molecule has 0 aliphatic heterocycles. The lowest BCUT2D eigenvalue weighted by Crippen LogP contribution is -2.42. The predicted octanol–water partition coefficient (Wildman–Crippen LogP) is 3.20. The van der Waals surface area contributed by atoms with Crippen LogP contribution in [-0.4, -0.2) is 23.2 Å². The van der Waals surface area contributed by atoms with E-state index in [0.717, 1.165) is 18.4 Å². The summed E-state index contributed by atoms with van der Waals surface area (Å²) < 4.78 is 5.75. The number of rotatable bonds is 8. The maximum Gasteiger partial charge on any atom is 0.260 e. The molecular formula is C17H27NO3. The molecule has 0 bridgehead atoms. The molecule has 4 nitrogen and oxygen atoms in total. The van der Waals surface area contributed by atoms with E-state index in [1.165, 1.54) is 0 Å². The van der Waals surface area contributed by atoms with Crippen LogP contribution in [0.15, 0.2) is 24.3 Å². The van der Waals surface area contributed by atoms with Gasteiger partial charge in [-0.3, -0.25) is 4.79 Å². The Kier molecular flexibility index (Phi) is 7.23. The summed E-state index contributed by atoms with van der Waals surface area (Å²) in [5.74, 6) is 0.448. The molecule has 2 atom stereocenters. The number of carbonyl (C=O) groups excluding carboxylic acids is 1. The van der Waals surface area contributed by atoms with Crippen LogP contribution in [0.25, 0.3) is 0 Å². The van der Waals surface area contributed by atoms with Crippen LogP contribution in [0.4, 0.5) is 0 Å². The number of para-hydroxylation sites is 1. The van der Waals surface area contributed by atoms with Crippen molar-refractivity contribution >= 4 is 5.91 Å². The highest BCUT2D eigenvalue weighted by molar-refractivity contribution is 5.81. The number of hydrogen-bond donors (Lipinski definition) is 2. The monoisotopic (exact) mass is 293 g/mol. The van der Waals surface area contributed by atoms with Crippen LogP contribution in [0.1, 0.15) is 58.6 Å². The second kappa shape index (κ2) is 8.67. The Morgan fingerprint density at radius 2 is 1.81 bits per heavy atom. The van der Waals surface area contributed by atoms with Crippen molar-refractivity contribution in [2.45, 2.75) is 65.2 Å². The molecule has 118 valence electrons. The quantitative estimate of drug-likeness (QED) is 0.774. The SMILES string of the molecule is CCC(CC)NC(=O)C(C)Oc1ccccc1[C@H](O)CC. The molecule has 1 aromatic rings. The third-order valence-electron chi connectivity index (χ3n) is 3.67. The number of aliphatic hydroxyl groups is 1. The van der Waals surface area contributed by atoms with Gasteiger partial charge in [0.25, 0.3) is 5.91 Å². The Balaban J connectivity index is 2.74. The van der Waals surface area contributed by atoms with E-state index in [-0.39, 0.29) is 11.9 Å². The highest BCUT2D eigenvalue weighted by Crippen LogP contribution is 2.27. The van der Waals surface area contributed by atoms with Crippen molar-refractivity contribution < 1.29 is 14.6 Å². The van der Waals surface area contributed by atoms with Gasteiger partial charge < -0.3 is 15.2 Å². The molecule has 2 N–H and O–H groups in total. The molecule has 1 aromatic carbocycles. The molecule has 0 spiro atoms. The lowest BCUT2D eigenvalue weighted by molar-refractivity contribution is -0.128. The Labute approximate surface area is 127 Å². The van der Waals surface area contributed by atoms with Gasteiger partial charge in [0.15, 0.2) is 6.10 Å². The van der Waals surface area contributed by atoms with Gasteiger partial charge in [-0.2, -0.15) is 0 Å². The minimum Gasteiger partial charge on any atom is -0.481 e. The van der Waals surface area contributed by atoms with Gasteiger partial charge in [0.1, 0.15) is 5.75 Å². The first kappa shape index (κ1) is 17.5.